The third-order valence-corrected chi connectivity index (χ3v) is 11.2. The van der Waals surface area contributed by atoms with E-state index in [9.17, 15) is 27.5 Å². The lowest BCUT2D eigenvalue weighted by atomic mass is 9.97. The lowest BCUT2D eigenvalue weighted by Crippen LogP contribution is -2.63. The molecule has 0 radical (unpaired) electrons. The van der Waals surface area contributed by atoms with Gasteiger partial charge in [0.15, 0.2) is 0 Å². The molecule has 2 aliphatic heterocycles. The molecule has 5 rings (SSSR count). The van der Waals surface area contributed by atoms with Crippen molar-refractivity contribution in [3.05, 3.63) is 53.5 Å². The van der Waals surface area contributed by atoms with Crippen LogP contribution in [0.2, 0.25) is 0 Å². The second-order valence-electron chi connectivity index (χ2n) is 9.93. The molecule has 0 spiro atoms. The van der Waals surface area contributed by atoms with Crippen molar-refractivity contribution in [3.8, 4) is 5.75 Å². The van der Waals surface area contributed by atoms with Crippen LogP contribution < -0.4 is 4.74 Å². The Balaban J connectivity index is 1.57. The number of thioether (sulfide) groups is 1. The van der Waals surface area contributed by atoms with E-state index in [2.05, 4.69) is 4.98 Å². The summed E-state index contributed by atoms with van der Waals surface area (Å²) in [5.74, 6) is -1.44. The Morgan fingerprint density at radius 2 is 2.05 bits per heavy atom. The molecule has 216 valence electrons. The highest BCUT2D eigenvalue weighted by Gasteiger charge is 2.57. The van der Waals surface area contributed by atoms with Crippen LogP contribution in [0, 0.1) is 5.82 Å². The zero-order valence-corrected chi connectivity index (χ0v) is 23.6. The summed E-state index contributed by atoms with van der Waals surface area (Å²) < 4.78 is 59.6. The number of hydrogen-bond acceptors (Lipinski definition) is 9. The fourth-order valence-corrected chi connectivity index (χ4v) is 9.46. The van der Waals surface area contributed by atoms with E-state index in [1.165, 1.54) is 42.7 Å². The molecule has 1 aromatic heterocycles. The smallest absolute Gasteiger partial charge is 0.335 e. The summed E-state index contributed by atoms with van der Waals surface area (Å²) in [4.78, 5) is 31.3. The predicted molar refractivity (Wildman–Crippen MR) is 143 cm³/mol. The zero-order valence-electron chi connectivity index (χ0n) is 22.0. The molecule has 2 unspecified atom stereocenters. The van der Waals surface area contributed by atoms with Gasteiger partial charge in [-0.05, 0) is 43.5 Å². The Hall–Kier alpha value is -3.10. The van der Waals surface area contributed by atoms with E-state index in [4.69, 9.17) is 13.9 Å². The van der Waals surface area contributed by atoms with Crippen LogP contribution in [0.5, 0.6) is 5.75 Å². The van der Waals surface area contributed by atoms with Gasteiger partial charge in [-0.1, -0.05) is 31.0 Å². The number of fused-ring (bicyclic) bond motifs is 1. The number of carboxylic acid groups (broad SMARTS) is 1. The van der Waals surface area contributed by atoms with Crippen LogP contribution in [-0.4, -0.2) is 76.6 Å². The molecular formula is C26H30FN3O8S2. The molecule has 3 atom stereocenters. The largest absolute Gasteiger partial charge is 0.496 e. The molecular weight excluding hydrogens is 565 g/mol. The highest BCUT2D eigenvalue weighted by molar-refractivity contribution is 8.10. The van der Waals surface area contributed by atoms with Crippen molar-refractivity contribution in [2.75, 3.05) is 20.2 Å². The van der Waals surface area contributed by atoms with E-state index in [1.807, 2.05) is 0 Å². The lowest BCUT2D eigenvalue weighted by molar-refractivity contribution is -0.137. The maximum absolute atomic E-state index is 14.5. The van der Waals surface area contributed by atoms with Gasteiger partial charge in [0.2, 0.25) is 15.9 Å². The number of aromatic nitrogens is 1. The molecule has 3 aliphatic rings. The quantitative estimate of drug-likeness (QED) is 0.448. The number of rotatable bonds is 9. The predicted octanol–water partition coefficient (Wildman–Crippen LogP) is 4.24. The monoisotopic (exact) mass is 595 g/mol. The summed E-state index contributed by atoms with van der Waals surface area (Å²) >= 11 is 1.11. The van der Waals surface area contributed by atoms with Crippen molar-refractivity contribution in [3.63, 3.8) is 0 Å². The summed E-state index contributed by atoms with van der Waals surface area (Å²) in [6, 6.07) is 3.02. The number of oxazole rings is 1. The van der Waals surface area contributed by atoms with Gasteiger partial charge >= 0.3 is 12.0 Å². The Morgan fingerprint density at radius 1 is 1.30 bits per heavy atom. The highest BCUT2D eigenvalue weighted by atomic mass is 32.2. The number of amides is 2. The van der Waals surface area contributed by atoms with Gasteiger partial charge in [0.05, 0.1) is 30.9 Å². The number of sulfonamides is 1. The fraction of sp³-hybridized carbons (Fsp3) is 0.500. The first kappa shape index (κ1) is 28.4. The summed E-state index contributed by atoms with van der Waals surface area (Å²) in [5, 5.41) is 7.28. The minimum atomic E-state index is -4.41. The molecule has 0 bridgehead atoms. The molecule has 2 amide bonds. The Kier molecular flexibility index (Phi) is 8.11. The van der Waals surface area contributed by atoms with E-state index in [0.29, 0.717) is 26.1 Å². The normalized spacial score (nSPS) is 23.8. The van der Waals surface area contributed by atoms with Crippen LogP contribution in [0.1, 0.15) is 56.6 Å². The first-order valence-corrected chi connectivity index (χ1v) is 15.3. The summed E-state index contributed by atoms with van der Waals surface area (Å²) in [7, 11) is -2.97. The number of carbonyl (C=O) groups is 2. The van der Waals surface area contributed by atoms with Gasteiger partial charge in [0.25, 0.3) is 0 Å². The topological polar surface area (TPSA) is 139 Å². The van der Waals surface area contributed by atoms with Gasteiger partial charge in [-0.25, -0.2) is 26.9 Å². The minimum absolute atomic E-state index is 0.153. The number of hydrogen-bond donors (Lipinski definition) is 1. The van der Waals surface area contributed by atoms with Crippen molar-refractivity contribution < 1.29 is 41.4 Å². The molecule has 11 nitrogen and oxygen atoms in total. The standard InChI is InChI=1S/C26H30FN3O8S2/c1-15-22(24-28-10-11-37-24)39-25-23(15)40(34,35)30(14-21(31)32)26(33)29(25)13-20(38-17-6-4-3-5-7-17)18-12-16(27)8-9-19(18)36-2/h8-12,17,20,23,25H,3-7,13-14H2,1-2H3,(H,31,32)/t20-,23?,25?/m0/s1. The van der Waals surface area contributed by atoms with Gasteiger partial charge in [-0.3, -0.25) is 4.79 Å². The molecule has 1 saturated heterocycles. The number of carboxylic acids is 1. The number of carbonyl (C=O) groups excluding carboxylic acids is 1. The van der Waals surface area contributed by atoms with Crippen molar-refractivity contribution in [1.29, 1.82) is 0 Å². The average molecular weight is 596 g/mol. The molecule has 2 fully saturated rings. The third-order valence-electron chi connectivity index (χ3n) is 7.39. The molecule has 3 heterocycles. The maximum atomic E-state index is 14.5. The van der Waals surface area contributed by atoms with Gasteiger partial charge in [0, 0.05) is 5.56 Å². The van der Waals surface area contributed by atoms with E-state index in [1.54, 1.807) is 6.92 Å². The van der Waals surface area contributed by atoms with Crippen LogP contribution in [-0.2, 0) is 19.6 Å². The van der Waals surface area contributed by atoms with Crippen molar-refractivity contribution in [2.24, 2.45) is 0 Å². The van der Waals surface area contributed by atoms with Crippen LogP contribution in [0.15, 0.2) is 40.6 Å². The zero-order chi connectivity index (χ0) is 28.6. The second-order valence-corrected chi connectivity index (χ2v) is 13.0. The fourth-order valence-electron chi connectivity index (χ4n) is 5.51. The minimum Gasteiger partial charge on any atom is -0.496 e. The molecule has 1 N–H and O–H groups in total. The molecule has 1 saturated carbocycles. The average Bonchev–Trinajstić information content (AvgIpc) is 3.57. The third kappa shape index (κ3) is 5.31. The van der Waals surface area contributed by atoms with E-state index in [-0.39, 0.29) is 18.5 Å². The second kappa shape index (κ2) is 11.4. The van der Waals surface area contributed by atoms with Gasteiger partial charge in [0.1, 0.15) is 41.1 Å². The summed E-state index contributed by atoms with van der Waals surface area (Å²) in [6.07, 6.45) is 6.34. The number of nitrogens with zero attached hydrogens (tertiary/aromatic N) is 3. The molecule has 40 heavy (non-hydrogen) atoms. The maximum Gasteiger partial charge on any atom is 0.335 e. The van der Waals surface area contributed by atoms with E-state index >= 15 is 0 Å². The lowest BCUT2D eigenvalue weighted by Gasteiger charge is -2.43. The van der Waals surface area contributed by atoms with Crippen LogP contribution >= 0.6 is 11.8 Å². The number of aliphatic carboxylic acids is 1. The first-order valence-electron chi connectivity index (χ1n) is 12.9. The van der Waals surface area contributed by atoms with Gasteiger partial charge < -0.3 is 23.9 Å². The Bertz CT molecular complexity index is 1410. The van der Waals surface area contributed by atoms with Crippen LogP contribution in [0.3, 0.4) is 0 Å². The van der Waals surface area contributed by atoms with E-state index in [0.717, 1.165) is 43.9 Å². The summed E-state index contributed by atoms with van der Waals surface area (Å²) in [5.41, 5.74) is 0.759. The van der Waals surface area contributed by atoms with Crippen molar-refractivity contribution in [2.45, 2.75) is 61.9 Å². The summed E-state index contributed by atoms with van der Waals surface area (Å²) in [6.45, 7) is 0.402. The number of ether oxygens (including phenoxy) is 2. The van der Waals surface area contributed by atoms with Crippen molar-refractivity contribution >= 4 is 38.7 Å². The molecule has 1 aromatic carbocycles. The van der Waals surface area contributed by atoms with Crippen LogP contribution in [0.25, 0.3) is 4.91 Å². The van der Waals surface area contributed by atoms with Gasteiger partial charge in [-0.15, -0.1) is 0 Å². The molecule has 2 aromatic rings. The number of halogens is 1. The molecule has 14 heteroatoms. The Labute approximate surface area is 235 Å². The first-order chi connectivity index (χ1) is 19.1. The number of urea groups is 1. The number of methoxy groups -OCH3 is 1. The Morgan fingerprint density at radius 3 is 2.70 bits per heavy atom. The van der Waals surface area contributed by atoms with Gasteiger partial charge in [-0.2, -0.15) is 0 Å². The molecule has 1 aliphatic carbocycles. The highest BCUT2D eigenvalue weighted by Crippen LogP contribution is 2.51. The van der Waals surface area contributed by atoms with Crippen molar-refractivity contribution in [1.82, 2.24) is 14.2 Å². The number of benzene rings is 1. The van der Waals surface area contributed by atoms with Crippen LogP contribution in [0.4, 0.5) is 9.18 Å². The van der Waals surface area contributed by atoms with E-state index < -0.39 is 51.1 Å². The SMILES string of the molecule is COc1ccc(F)cc1[C@H](CN1C(=O)N(CC(=O)O)S(=O)(=O)C2C(C)=C(c3ncco3)SC21)OC1CCCCC1.